The SMILES string of the molecule is CCCCc1nc2ccc(Br)cc2c(=O)n1N=Cc1cc(I)c(OCC(=O)Nc2cccc(F)c2)c(I)c1. The number of halogens is 4. The van der Waals surface area contributed by atoms with Gasteiger partial charge in [-0.3, -0.25) is 9.59 Å². The van der Waals surface area contributed by atoms with Crippen molar-refractivity contribution in [3.05, 3.63) is 93.8 Å². The number of anilines is 1. The van der Waals surface area contributed by atoms with Crippen LogP contribution in [-0.4, -0.2) is 28.4 Å². The zero-order valence-electron chi connectivity index (χ0n) is 20.2. The predicted octanol–water partition coefficient (Wildman–Crippen LogP) is 6.75. The average molecular weight is 803 g/mol. The number of benzene rings is 3. The minimum Gasteiger partial charge on any atom is -0.482 e. The fourth-order valence-electron chi connectivity index (χ4n) is 3.63. The molecule has 1 heterocycles. The van der Waals surface area contributed by atoms with Crippen LogP contribution >= 0.6 is 61.1 Å². The third-order valence-electron chi connectivity index (χ3n) is 5.43. The summed E-state index contributed by atoms with van der Waals surface area (Å²) >= 11 is 7.68. The van der Waals surface area contributed by atoms with E-state index in [9.17, 15) is 14.0 Å². The third-order valence-corrected chi connectivity index (χ3v) is 7.52. The van der Waals surface area contributed by atoms with Gasteiger partial charge in [0, 0.05) is 16.6 Å². The number of fused-ring (bicyclic) bond motifs is 1. The highest BCUT2D eigenvalue weighted by Gasteiger charge is 2.13. The number of aromatic nitrogens is 2. The molecule has 0 fully saturated rings. The molecule has 0 bridgehead atoms. The smallest absolute Gasteiger partial charge is 0.282 e. The maximum Gasteiger partial charge on any atom is 0.282 e. The highest BCUT2D eigenvalue weighted by molar-refractivity contribution is 14.1. The Hall–Kier alpha value is -2.39. The number of hydrogen-bond donors (Lipinski definition) is 1. The van der Waals surface area contributed by atoms with Crippen molar-refractivity contribution in [1.82, 2.24) is 9.66 Å². The van der Waals surface area contributed by atoms with Crippen LogP contribution in [0, 0.1) is 13.0 Å². The first-order valence-electron chi connectivity index (χ1n) is 11.7. The molecule has 38 heavy (non-hydrogen) atoms. The van der Waals surface area contributed by atoms with Gasteiger partial charge < -0.3 is 10.1 Å². The van der Waals surface area contributed by atoms with Crippen LogP contribution in [-0.2, 0) is 11.2 Å². The van der Waals surface area contributed by atoms with Gasteiger partial charge in [-0.25, -0.2) is 9.37 Å². The van der Waals surface area contributed by atoms with Crippen LogP contribution in [0.5, 0.6) is 5.75 Å². The van der Waals surface area contributed by atoms with E-state index in [-0.39, 0.29) is 12.2 Å². The van der Waals surface area contributed by atoms with Crippen molar-refractivity contribution in [2.75, 3.05) is 11.9 Å². The van der Waals surface area contributed by atoms with Crippen LogP contribution in [0.4, 0.5) is 10.1 Å². The Morgan fingerprint density at radius 1 is 1.18 bits per heavy atom. The van der Waals surface area contributed by atoms with Crippen LogP contribution < -0.4 is 15.6 Å². The Morgan fingerprint density at radius 3 is 2.66 bits per heavy atom. The molecular weight excluding hydrogens is 781 g/mol. The lowest BCUT2D eigenvalue weighted by molar-refractivity contribution is -0.118. The molecule has 4 aromatic rings. The van der Waals surface area contributed by atoms with Crippen molar-refractivity contribution in [2.45, 2.75) is 26.2 Å². The first kappa shape index (κ1) is 28.6. The van der Waals surface area contributed by atoms with E-state index in [1.807, 2.05) is 24.3 Å². The van der Waals surface area contributed by atoms with Gasteiger partial charge in [0.1, 0.15) is 17.4 Å². The van der Waals surface area contributed by atoms with E-state index in [2.05, 4.69) is 78.5 Å². The summed E-state index contributed by atoms with van der Waals surface area (Å²) in [5.41, 5.74) is 1.53. The van der Waals surface area contributed by atoms with E-state index in [1.165, 1.54) is 22.9 Å². The number of nitrogens with one attached hydrogen (secondary N) is 1. The molecule has 0 aliphatic carbocycles. The molecule has 1 amide bonds. The van der Waals surface area contributed by atoms with Crippen molar-refractivity contribution in [1.29, 1.82) is 0 Å². The summed E-state index contributed by atoms with van der Waals surface area (Å²) < 4.78 is 22.8. The van der Waals surface area contributed by atoms with Gasteiger partial charge in [0.05, 0.1) is 24.3 Å². The number of nitrogens with zero attached hydrogens (tertiary/aromatic N) is 3. The predicted molar refractivity (Wildman–Crippen MR) is 168 cm³/mol. The lowest BCUT2D eigenvalue weighted by Gasteiger charge is -2.12. The summed E-state index contributed by atoms with van der Waals surface area (Å²) in [4.78, 5) is 30.3. The zero-order chi connectivity index (χ0) is 27.2. The lowest BCUT2D eigenvalue weighted by Crippen LogP contribution is -2.22. The molecule has 0 aliphatic heterocycles. The van der Waals surface area contributed by atoms with Crippen LogP contribution in [0.2, 0.25) is 0 Å². The van der Waals surface area contributed by atoms with Crippen molar-refractivity contribution in [2.24, 2.45) is 5.10 Å². The van der Waals surface area contributed by atoms with Crippen LogP contribution in [0.3, 0.4) is 0 Å². The van der Waals surface area contributed by atoms with Crippen LogP contribution in [0.25, 0.3) is 10.9 Å². The number of carbonyl (C=O) groups is 1. The quantitative estimate of drug-likeness (QED) is 0.150. The number of ether oxygens (including phenoxy) is 1. The summed E-state index contributed by atoms with van der Waals surface area (Å²) in [7, 11) is 0. The molecule has 3 aromatic carbocycles. The number of rotatable bonds is 9. The van der Waals surface area contributed by atoms with Gasteiger partial charge >= 0.3 is 0 Å². The van der Waals surface area contributed by atoms with E-state index < -0.39 is 11.7 Å². The molecule has 0 saturated heterocycles. The molecule has 0 atom stereocenters. The standard InChI is InChI=1S/C27H22BrFI2N4O3/c1-2-3-7-24-34-23-9-8-17(28)12-20(23)27(37)35(24)32-14-16-10-21(30)26(22(31)11-16)38-15-25(36)33-19-6-4-5-18(29)13-19/h4-6,8-14H,2-3,7,15H2,1H3,(H,33,36). The molecular formula is C27H22BrFI2N4O3. The Balaban J connectivity index is 1.55. The highest BCUT2D eigenvalue weighted by Crippen LogP contribution is 2.28. The molecule has 0 unspecified atom stereocenters. The van der Waals surface area contributed by atoms with Crippen LogP contribution in [0.15, 0.2) is 69.0 Å². The minimum absolute atomic E-state index is 0.229. The largest absolute Gasteiger partial charge is 0.482 e. The maximum absolute atomic E-state index is 13.3. The second-order valence-corrected chi connectivity index (χ2v) is 11.6. The number of carbonyl (C=O) groups excluding carboxylic acids is 1. The van der Waals surface area contributed by atoms with Crippen molar-refractivity contribution in [3.63, 3.8) is 0 Å². The summed E-state index contributed by atoms with van der Waals surface area (Å²) in [6, 6.07) is 14.8. The second kappa shape index (κ2) is 13.1. The monoisotopic (exact) mass is 802 g/mol. The molecule has 4 rings (SSSR count). The molecule has 7 nitrogen and oxygen atoms in total. The van der Waals surface area contributed by atoms with Gasteiger partial charge in [-0.1, -0.05) is 35.3 Å². The lowest BCUT2D eigenvalue weighted by atomic mass is 10.2. The van der Waals surface area contributed by atoms with Gasteiger partial charge in [-0.15, -0.1) is 0 Å². The molecule has 1 aromatic heterocycles. The van der Waals surface area contributed by atoms with E-state index in [1.54, 1.807) is 18.3 Å². The fourth-order valence-corrected chi connectivity index (χ4v) is 6.12. The third kappa shape index (κ3) is 7.17. The highest BCUT2D eigenvalue weighted by atomic mass is 127. The summed E-state index contributed by atoms with van der Waals surface area (Å²) in [5.74, 6) is 0.326. The summed E-state index contributed by atoms with van der Waals surface area (Å²) in [6.07, 6.45) is 4.11. The molecule has 196 valence electrons. The Kier molecular flexibility index (Phi) is 9.87. The first-order valence-corrected chi connectivity index (χ1v) is 14.6. The van der Waals surface area contributed by atoms with E-state index >= 15 is 0 Å². The average Bonchev–Trinajstić information content (AvgIpc) is 2.87. The molecule has 0 saturated carbocycles. The summed E-state index contributed by atoms with van der Waals surface area (Å²) in [5, 5.41) is 7.61. The summed E-state index contributed by atoms with van der Waals surface area (Å²) in [6.45, 7) is 1.85. The first-order chi connectivity index (χ1) is 18.2. The molecule has 0 spiro atoms. The minimum atomic E-state index is -0.433. The van der Waals surface area contributed by atoms with Gasteiger partial charge in [0.2, 0.25) is 0 Å². The molecule has 0 radical (unpaired) electrons. The van der Waals surface area contributed by atoms with Crippen molar-refractivity contribution >= 4 is 89.8 Å². The number of aryl methyl sites for hydroxylation is 1. The molecule has 0 aliphatic rings. The van der Waals surface area contributed by atoms with Crippen LogP contribution in [0.1, 0.15) is 31.2 Å². The van der Waals surface area contributed by atoms with E-state index in [0.29, 0.717) is 34.6 Å². The number of unbranched alkanes of at least 4 members (excludes halogenated alkanes) is 1. The molecule has 1 N–H and O–H groups in total. The zero-order valence-corrected chi connectivity index (χ0v) is 26.1. The Morgan fingerprint density at radius 2 is 1.95 bits per heavy atom. The van der Waals surface area contributed by atoms with Crippen molar-refractivity contribution in [3.8, 4) is 5.75 Å². The number of amides is 1. The normalized spacial score (nSPS) is 11.3. The Bertz CT molecular complexity index is 1570. The van der Waals surface area contributed by atoms with E-state index in [0.717, 1.165) is 30.0 Å². The van der Waals surface area contributed by atoms with Gasteiger partial charge in [-0.05, 0) is 106 Å². The topological polar surface area (TPSA) is 85.6 Å². The van der Waals surface area contributed by atoms with Gasteiger partial charge in [0.25, 0.3) is 11.5 Å². The van der Waals surface area contributed by atoms with Gasteiger partial charge in [-0.2, -0.15) is 9.78 Å². The van der Waals surface area contributed by atoms with Crippen molar-refractivity contribution < 1.29 is 13.9 Å². The van der Waals surface area contributed by atoms with E-state index in [4.69, 9.17) is 9.72 Å². The Labute approximate surface area is 254 Å². The number of hydrogen-bond acceptors (Lipinski definition) is 5. The second-order valence-electron chi connectivity index (χ2n) is 8.32. The molecule has 11 heteroatoms. The fraction of sp³-hybridized carbons (Fsp3) is 0.185. The van der Waals surface area contributed by atoms with Gasteiger partial charge in [0.15, 0.2) is 6.61 Å². The maximum atomic E-state index is 13.3.